The maximum Gasteiger partial charge on any atom is 0.119 e. The molecule has 0 aliphatic heterocycles. The van der Waals surface area contributed by atoms with Crippen molar-refractivity contribution in [1.82, 2.24) is 4.90 Å². The van der Waals surface area contributed by atoms with Crippen LogP contribution in [0.15, 0.2) is 24.3 Å². The Morgan fingerprint density at radius 1 is 1.07 bits per heavy atom. The fourth-order valence-electron chi connectivity index (χ4n) is 3.34. The van der Waals surface area contributed by atoms with Crippen molar-refractivity contribution in [3.63, 3.8) is 0 Å². The van der Waals surface area contributed by atoms with Gasteiger partial charge in [0.25, 0.3) is 0 Å². The number of hydrogen-bond acceptors (Lipinski definition) is 6. The minimum atomic E-state index is -0.460. The highest BCUT2D eigenvalue weighted by molar-refractivity contribution is 5.27. The summed E-state index contributed by atoms with van der Waals surface area (Å²) >= 11 is 0. The summed E-state index contributed by atoms with van der Waals surface area (Å²) in [7, 11) is 2.01. The fraction of sp³-hybridized carbons (Fsp3) is 0.714. The molecule has 2 rings (SSSR count). The van der Waals surface area contributed by atoms with Crippen molar-refractivity contribution < 1.29 is 24.4 Å². The lowest BCUT2D eigenvalue weighted by Crippen LogP contribution is -2.33. The fourth-order valence-corrected chi connectivity index (χ4v) is 3.34. The SMILES string of the molecule is CN(Cc1ccc(OCCOCCO)cc1)C[C@@H](O)COC1CCCCC1. The van der Waals surface area contributed by atoms with E-state index in [-0.39, 0.29) is 6.61 Å². The molecule has 1 atom stereocenters. The molecule has 0 amide bonds. The highest BCUT2D eigenvalue weighted by atomic mass is 16.5. The smallest absolute Gasteiger partial charge is 0.119 e. The van der Waals surface area contributed by atoms with Crippen LogP contribution in [-0.2, 0) is 16.0 Å². The Bertz CT molecular complexity index is 490. The van der Waals surface area contributed by atoms with E-state index in [0.717, 1.165) is 25.1 Å². The second-order valence-corrected chi connectivity index (χ2v) is 7.27. The number of ether oxygens (including phenoxy) is 3. The van der Waals surface area contributed by atoms with E-state index in [1.807, 2.05) is 31.3 Å². The van der Waals surface area contributed by atoms with Gasteiger partial charge in [-0.25, -0.2) is 0 Å². The quantitative estimate of drug-likeness (QED) is 0.511. The van der Waals surface area contributed by atoms with E-state index in [2.05, 4.69) is 4.90 Å². The van der Waals surface area contributed by atoms with E-state index in [9.17, 15) is 5.11 Å². The highest BCUT2D eigenvalue weighted by Gasteiger charge is 2.16. The lowest BCUT2D eigenvalue weighted by atomic mass is 9.98. The molecule has 0 spiro atoms. The van der Waals surface area contributed by atoms with E-state index >= 15 is 0 Å². The molecule has 1 aliphatic carbocycles. The van der Waals surface area contributed by atoms with Crippen LogP contribution in [0.4, 0.5) is 0 Å². The number of aliphatic hydroxyl groups excluding tert-OH is 2. The van der Waals surface area contributed by atoms with Gasteiger partial charge in [-0.05, 0) is 37.6 Å². The molecule has 6 nitrogen and oxygen atoms in total. The summed E-state index contributed by atoms with van der Waals surface area (Å²) in [4.78, 5) is 2.10. The van der Waals surface area contributed by atoms with E-state index in [0.29, 0.717) is 39.1 Å². The van der Waals surface area contributed by atoms with Gasteiger partial charge < -0.3 is 24.4 Å². The summed E-state index contributed by atoms with van der Waals surface area (Å²) in [6.45, 7) is 3.07. The average molecular weight is 382 g/mol. The van der Waals surface area contributed by atoms with E-state index in [1.54, 1.807) is 0 Å². The van der Waals surface area contributed by atoms with Crippen LogP contribution < -0.4 is 4.74 Å². The Balaban J connectivity index is 1.61. The predicted molar refractivity (Wildman–Crippen MR) is 105 cm³/mol. The molecule has 6 heteroatoms. The van der Waals surface area contributed by atoms with Crippen molar-refractivity contribution in [3.8, 4) is 5.75 Å². The molecule has 0 unspecified atom stereocenters. The second kappa shape index (κ2) is 13.1. The van der Waals surface area contributed by atoms with E-state index in [1.165, 1.54) is 24.8 Å². The van der Waals surface area contributed by atoms with Gasteiger partial charge >= 0.3 is 0 Å². The first-order valence-electron chi connectivity index (χ1n) is 10.1. The van der Waals surface area contributed by atoms with Gasteiger partial charge in [-0.1, -0.05) is 31.4 Å². The minimum absolute atomic E-state index is 0.0314. The Morgan fingerprint density at radius 3 is 2.52 bits per heavy atom. The molecule has 0 heterocycles. The average Bonchev–Trinajstić information content (AvgIpc) is 2.68. The summed E-state index contributed by atoms with van der Waals surface area (Å²) in [6, 6.07) is 7.95. The zero-order valence-electron chi connectivity index (χ0n) is 16.5. The van der Waals surface area contributed by atoms with Crippen LogP contribution in [0.2, 0.25) is 0 Å². The van der Waals surface area contributed by atoms with Crippen molar-refractivity contribution >= 4 is 0 Å². The number of hydrogen-bond donors (Lipinski definition) is 2. The zero-order chi connectivity index (χ0) is 19.3. The van der Waals surface area contributed by atoms with Crippen LogP contribution in [0, 0.1) is 0 Å². The molecule has 0 radical (unpaired) electrons. The Labute approximate surface area is 163 Å². The highest BCUT2D eigenvalue weighted by Crippen LogP contribution is 2.20. The molecule has 2 N–H and O–H groups in total. The van der Waals surface area contributed by atoms with Gasteiger partial charge in [-0.2, -0.15) is 0 Å². The zero-order valence-corrected chi connectivity index (χ0v) is 16.5. The molecular weight excluding hydrogens is 346 g/mol. The normalized spacial score (nSPS) is 16.6. The molecule has 1 aromatic carbocycles. The topological polar surface area (TPSA) is 71.4 Å². The largest absolute Gasteiger partial charge is 0.491 e. The third-order valence-electron chi connectivity index (χ3n) is 4.71. The predicted octanol–water partition coefficient (Wildman–Crippen LogP) is 2.22. The number of nitrogens with zero attached hydrogens (tertiary/aromatic N) is 1. The van der Waals surface area contributed by atoms with Crippen molar-refractivity contribution in [2.24, 2.45) is 0 Å². The lowest BCUT2D eigenvalue weighted by molar-refractivity contribution is -0.0319. The molecule has 0 aromatic heterocycles. The first-order valence-corrected chi connectivity index (χ1v) is 10.1. The number of benzene rings is 1. The van der Waals surface area contributed by atoms with Crippen molar-refractivity contribution in [3.05, 3.63) is 29.8 Å². The van der Waals surface area contributed by atoms with Gasteiger partial charge in [0.15, 0.2) is 0 Å². The van der Waals surface area contributed by atoms with Gasteiger partial charge in [-0.15, -0.1) is 0 Å². The van der Waals surface area contributed by atoms with Crippen LogP contribution >= 0.6 is 0 Å². The van der Waals surface area contributed by atoms with Gasteiger partial charge in [-0.3, -0.25) is 4.90 Å². The molecule has 1 aliphatic rings. The standard InChI is InChI=1S/C21H35NO5/c1-22(16-19(24)17-27-20-5-3-2-4-6-20)15-18-7-9-21(10-8-18)26-14-13-25-12-11-23/h7-10,19-20,23-24H,2-6,11-17H2,1H3/t19-/m1/s1. The monoisotopic (exact) mass is 381 g/mol. The summed E-state index contributed by atoms with van der Waals surface area (Å²) in [5, 5.41) is 18.9. The van der Waals surface area contributed by atoms with Crippen LogP contribution in [0.3, 0.4) is 0 Å². The molecule has 0 bridgehead atoms. The minimum Gasteiger partial charge on any atom is -0.491 e. The molecule has 27 heavy (non-hydrogen) atoms. The maximum absolute atomic E-state index is 10.2. The Kier molecular flexibility index (Phi) is 10.7. The van der Waals surface area contributed by atoms with Crippen LogP contribution in [0.1, 0.15) is 37.7 Å². The first-order chi connectivity index (χ1) is 13.2. The number of aliphatic hydroxyl groups is 2. The van der Waals surface area contributed by atoms with Gasteiger partial charge in [0.1, 0.15) is 12.4 Å². The summed E-state index contributed by atoms with van der Waals surface area (Å²) in [6.07, 6.45) is 5.94. The first kappa shape index (κ1) is 22.1. The Hall–Kier alpha value is -1.18. The molecule has 1 fully saturated rings. The van der Waals surface area contributed by atoms with Gasteiger partial charge in [0, 0.05) is 13.1 Å². The van der Waals surface area contributed by atoms with Crippen molar-refractivity contribution in [1.29, 1.82) is 0 Å². The lowest BCUT2D eigenvalue weighted by Gasteiger charge is -2.25. The van der Waals surface area contributed by atoms with E-state index in [4.69, 9.17) is 19.3 Å². The number of likely N-dealkylation sites (N-methyl/N-ethyl adjacent to an activating group) is 1. The molecule has 154 valence electrons. The van der Waals surface area contributed by atoms with Gasteiger partial charge in [0.2, 0.25) is 0 Å². The third kappa shape index (κ3) is 9.53. The Morgan fingerprint density at radius 2 is 1.81 bits per heavy atom. The number of rotatable bonds is 13. The van der Waals surface area contributed by atoms with Crippen LogP contribution in [-0.4, -0.2) is 73.9 Å². The molecule has 0 saturated heterocycles. The maximum atomic E-state index is 10.2. The molecule has 1 aromatic rings. The van der Waals surface area contributed by atoms with E-state index < -0.39 is 6.10 Å². The van der Waals surface area contributed by atoms with Gasteiger partial charge in [0.05, 0.1) is 38.6 Å². The van der Waals surface area contributed by atoms with Crippen LogP contribution in [0.25, 0.3) is 0 Å². The summed E-state index contributed by atoms with van der Waals surface area (Å²) < 4.78 is 16.6. The summed E-state index contributed by atoms with van der Waals surface area (Å²) in [5.74, 6) is 0.801. The van der Waals surface area contributed by atoms with Crippen molar-refractivity contribution in [2.45, 2.75) is 50.9 Å². The van der Waals surface area contributed by atoms with Crippen molar-refractivity contribution in [2.75, 3.05) is 46.6 Å². The third-order valence-corrected chi connectivity index (χ3v) is 4.71. The molecular formula is C21H35NO5. The second-order valence-electron chi connectivity index (χ2n) is 7.27. The summed E-state index contributed by atoms with van der Waals surface area (Å²) in [5.41, 5.74) is 1.17. The molecule has 1 saturated carbocycles. The van der Waals surface area contributed by atoms with Crippen LogP contribution in [0.5, 0.6) is 5.75 Å².